The third-order valence-corrected chi connectivity index (χ3v) is 7.90. The molecule has 0 aliphatic heterocycles. The molecule has 32 heavy (non-hydrogen) atoms. The van der Waals surface area contributed by atoms with Gasteiger partial charge in [0.1, 0.15) is 12.3 Å². The minimum atomic E-state index is -0.419. The van der Waals surface area contributed by atoms with Crippen LogP contribution in [0.15, 0.2) is 47.2 Å². The van der Waals surface area contributed by atoms with Gasteiger partial charge in [-0.1, -0.05) is 0 Å². The van der Waals surface area contributed by atoms with Crippen molar-refractivity contribution < 1.29 is 14.1 Å². The fourth-order valence-corrected chi connectivity index (χ4v) is 6.99. The fraction of sp³-hybridized carbons (Fsp3) is 0.500. The van der Waals surface area contributed by atoms with Gasteiger partial charge in [-0.2, -0.15) is 5.10 Å². The summed E-state index contributed by atoms with van der Waals surface area (Å²) in [4.78, 5) is 26.7. The number of hydrogen-bond acceptors (Lipinski definition) is 5. The molecule has 4 fully saturated rings. The Balaban J connectivity index is 1.34. The van der Waals surface area contributed by atoms with Crippen LogP contribution in [0.4, 0.5) is 5.69 Å². The lowest BCUT2D eigenvalue weighted by Gasteiger charge is -2.60. The largest absolute Gasteiger partial charge is 0.467 e. The number of amides is 1. The van der Waals surface area contributed by atoms with Crippen molar-refractivity contribution in [1.82, 2.24) is 14.7 Å². The van der Waals surface area contributed by atoms with Gasteiger partial charge in [-0.25, -0.2) is 0 Å². The Morgan fingerprint density at radius 2 is 1.91 bits per heavy atom. The first-order chi connectivity index (χ1) is 15.5. The second-order valence-electron chi connectivity index (χ2n) is 10.0. The average Bonchev–Trinajstić information content (AvgIpc) is 3.40. The molecule has 0 N–H and O–H groups in total. The highest BCUT2D eigenvalue weighted by Crippen LogP contribution is 2.58. The molecule has 0 radical (unpaired) electrons. The summed E-state index contributed by atoms with van der Waals surface area (Å²) in [6, 6.07) is 8.43. The van der Waals surface area contributed by atoms with Crippen LogP contribution in [0.1, 0.15) is 44.3 Å². The normalized spacial score (nSPS) is 28.3. The van der Waals surface area contributed by atoms with Gasteiger partial charge < -0.3 is 9.32 Å². The third kappa shape index (κ3) is 3.20. The molecule has 8 heteroatoms. The van der Waals surface area contributed by atoms with E-state index in [1.807, 2.05) is 12.1 Å². The third-order valence-electron chi connectivity index (χ3n) is 7.90. The molecule has 166 valence electrons. The van der Waals surface area contributed by atoms with E-state index >= 15 is 0 Å². The predicted molar refractivity (Wildman–Crippen MR) is 117 cm³/mol. The van der Waals surface area contributed by atoms with Crippen molar-refractivity contribution in [2.75, 3.05) is 0 Å². The predicted octanol–water partition coefficient (Wildman–Crippen LogP) is 4.54. The van der Waals surface area contributed by atoms with E-state index in [1.165, 1.54) is 31.4 Å². The van der Waals surface area contributed by atoms with E-state index in [2.05, 4.69) is 10.00 Å². The van der Waals surface area contributed by atoms with Gasteiger partial charge in [-0.05, 0) is 74.5 Å². The van der Waals surface area contributed by atoms with Crippen molar-refractivity contribution in [2.45, 2.75) is 57.2 Å². The highest BCUT2D eigenvalue weighted by atomic mass is 16.6. The molecule has 4 aliphatic carbocycles. The van der Waals surface area contributed by atoms with Gasteiger partial charge in [0.25, 0.3) is 5.69 Å². The number of nitro groups is 1. The molecule has 3 aromatic rings. The summed E-state index contributed by atoms with van der Waals surface area (Å²) in [5.41, 5.74) is 0.490. The maximum atomic E-state index is 13.8. The van der Waals surface area contributed by atoms with E-state index in [1.54, 1.807) is 23.2 Å². The number of fused-ring (bicyclic) bond motifs is 1. The Hall–Kier alpha value is -3.16. The first kappa shape index (κ1) is 19.5. The summed E-state index contributed by atoms with van der Waals surface area (Å²) in [7, 11) is 0. The molecule has 2 heterocycles. The van der Waals surface area contributed by atoms with Gasteiger partial charge in [0.05, 0.1) is 29.4 Å². The highest BCUT2D eigenvalue weighted by molar-refractivity contribution is 5.84. The molecule has 4 aliphatic rings. The van der Waals surface area contributed by atoms with Crippen LogP contribution in [0.5, 0.6) is 0 Å². The van der Waals surface area contributed by atoms with Crippen LogP contribution in [0.25, 0.3) is 10.9 Å². The van der Waals surface area contributed by atoms with Gasteiger partial charge in [0.15, 0.2) is 0 Å². The average molecular weight is 434 g/mol. The molecule has 7 rings (SSSR count). The Labute approximate surface area is 185 Å². The molecule has 0 spiro atoms. The number of nitrogens with zero attached hydrogens (tertiary/aromatic N) is 4. The summed E-state index contributed by atoms with van der Waals surface area (Å²) < 4.78 is 7.23. The van der Waals surface area contributed by atoms with Crippen LogP contribution in [-0.4, -0.2) is 31.0 Å². The SMILES string of the molecule is O=C(Cn1ncc2ccc([N+](=O)[O-])cc21)N(Cc1ccco1)C12CC3CC(CC(C3)C1)C2. The maximum Gasteiger partial charge on any atom is 0.271 e. The first-order valence-corrected chi connectivity index (χ1v) is 11.4. The Kier molecular flexibility index (Phi) is 4.38. The molecule has 2 aromatic heterocycles. The zero-order valence-corrected chi connectivity index (χ0v) is 17.9. The van der Waals surface area contributed by atoms with Crippen molar-refractivity contribution in [2.24, 2.45) is 17.8 Å². The van der Waals surface area contributed by atoms with Crippen LogP contribution >= 0.6 is 0 Å². The van der Waals surface area contributed by atoms with Crippen molar-refractivity contribution in [1.29, 1.82) is 0 Å². The van der Waals surface area contributed by atoms with Gasteiger partial charge in [-0.15, -0.1) is 0 Å². The zero-order valence-electron chi connectivity index (χ0n) is 17.9. The van der Waals surface area contributed by atoms with Crippen LogP contribution in [0.3, 0.4) is 0 Å². The Bertz CT molecular complexity index is 1150. The van der Waals surface area contributed by atoms with E-state index in [9.17, 15) is 14.9 Å². The van der Waals surface area contributed by atoms with Gasteiger partial charge in [0, 0.05) is 23.1 Å². The minimum absolute atomic E-state index is 0.000133. The van der Waals surface area contributed by atoms with Crippen LogP contribution in [0.2, 0.25) is 0 Å². The molecule has 0 atom stereocenters. The molecule has 0 unspecified atom stereocenters. The van der Waals surface area contributed by atoms with Crippen molar-refractivity contribution in [3.05, 3.63) is 58.7 Å². The van der Waals surface area contributed by atoms with Gasteiger partial charge in [0.2, 0.25) is 5.91 Å². The maximum absolute atomic E-state index is 13.8. The van der Waals surface area contributed by atoms with Crippen LogP contribution in [0, 0.1) is 27.9 Å². The Morgan fingerprint density at radius 1 is 1.19 bits per heavy atom. The number of carbonyl (C=O) groups is 1. The lowest BCUT2D eigenvalue weighted by atomic mass is 9.52. The van der Waals surface area contributed by atoms with E-state index < -0.39 is 4.92 Å². The van der Waals surface area contributed by atoms with E-state index in [-0.39, 0.29) is 23.7 Å². The number of aromatic nitrogens is 2. The summed E-state index contributed by atoms with van der Waals surface area (Å²) >= 11 is 0. The van der Waals surface area contributed by atoms with E-state index in [0.29, 0.717) is 29.8 Å². The fourth-order valence-electron chi connectivity index (χ4n) is 6.99. The number of furan rings is 1. The lowest BCUT2D eigenvalue weighted by Crippen LogP contribution is -2.61. The molecule has 0 saturated heterocycles. The Morgan fingerprint density at radius 3 is 2.53 bits per heavy atom. The molecule has 1 amide bonds. The van der Waals surface area contributed by atoms with Crippen molar-refractivity contribution in [3.8, 4) is 0 Å². The summed E-state index contributed by atoms with van der Waals surface area (Å²) in [6.45, 7) is 0.518. The molecule has 8 nitrogen and oxygen atoms in total. The summed E-state index contributed by atoms with van der Waals surface area (Å²) in [5, 5.41) is 16.4. The second kappa shape index (κ2) is 7.18. The molecular formula is C24H26N4O4. The quantitative estimate of drug-likeness (QED) is 0.419. The monoisotopic (exact) mass is 434 g/mol. The summed E-state index contributed by atoms with van der Waals surface area (Å²) in [5.74, 6) is 2.92. The van der Waals surface area contributed by atoms with E-state index in [0.717, 1.165) is 30.4 Å². The summed E-state index contributed by atoms with van der Waals surface area (Å²) in [6.07, 6.45) is 10.4. The van der Waals surface area contributed by atoms with Gasteiger partial charge >= 0.3 is 0 Å². The highest BCUT2D eigenvalue weighted by Gasteiger charge is 2.54. The number of rotatable bonds is 6. The first-order valence-electron chi connectivity index (χ1n) is 11.4. The van der Waals surface area contributed by atoms with Crippen molar-refractivity contribution >= 4 is 22.5 Å². The molecular weight excluding hydrogens is 408 g/mol. The number of hydrogen-bond donors (Lipinski definition) is 0. The molecule has 4 saturated carbocycles. The minimum Gasteiger partial charge on any atom is -0.467 e. The standard InChI is InChI=1S/C24H26N4O4/c29-23(15-27-22-9-20(28(30)31)4-3-19(22)13-25-27)26(14-21-2-1-5-32-21)24-10-16-6-17(11-24)8-18(7-16)12-24/h1-5,9,13,16-18H,6-8,10-12,14-15H2. The lowest BCUT2D eigenvalue weighted by molar-refractivity contribution is -0.384. The van der Waals surface area contributed by atoms with Crippen molar-refractivity contribution in [3.63, 3.8) is 0 Å². The van der Waals surface area contributed by atoms with Gasteiger partial charge in [-0.3, -0.25) is 19.6 Å². The molecule has 4 bridgehead atoms. The van der Waals surface area contributed by atoms with Crippen LogP contribution < -0.4 is 0 Å². The topological polar surface area (TPSA) is 94.4 Å². The van der Waals surface area contributed by atoms with E-state index in [4.69, 9.17) is 4.42 Å². The number of benzene rings is 1. The zero-order chi connectivity index (χ0) is 21.9. The van der Waals surface area contributed by atoms with Crippen LogP contribution in [-0.2, 0) is 17.9 Å². The second-order valence-corrected chi connectivity index (χ2v) is 10.0. The smallest absolute Gasteiger partial charge is 0.271 e. The number of carbonyl (C=O) groups excluding carboxylic acids is 1. The number of nitro benzene ring substituents is 1. The number of non-ortho nitro benzene ring substituents is 1. The molecule has 1 aromatic carbocycles.